The van der Waals surface area contributed by atoms with E-state index < -0.39 is 18.2 Å². The predicted molar refractivity (Wildman–Crippen MR) is 87.2 cm³/mol. The van der Waals surface area contributed by atoms with E-state index in [0.717, 1.165) is 16.7 Å². The zero-order valence-electron chi connectivity index (χ0n) is 13.1. The SMILES string of the molecule is Cc1csc([C@@H](OC(=O)Cc2cccc3cccnc23)C(F)(F)F)n1. The van der Waals surface area contributed by atoms with Gasteiger partial charge in [-0.3, -0.25) is 9.78 Å². The number of carbonyl (C=O) groups is 1. The Morgan fingerprint density at radius 1 is 1.28 bits per heavy atom. The summed E-state index contributed by atoms with van der Waals surface area (Å²) >= 11 is 0.815. The number of pyridine rings is 1. The van der Waals surface area contributed by atoms with Gasteiger partial charge in [-0.2, -0.15) is 13.2 Å². The summed E-state index contributed by atoms with van der Waals surface area (Å²) in [5.74, 6) is -0.978. The maximum atomic E-state index is 13.2. The highest BCUT2D eigenvalue weighted by molar-refractivity contribution is 7.09. The molecule has 1 aromatic carbocycles. The molecule has 0 N–H and O–H groups in total. The molecule has 3 aromatic rings. The van der Waals surface area contributed by atoms with Crippen molar-refractivity contribution in [2.24, 2.45) is 0 Å². The molecule has 3 rings (SSSR count). The molecule has 25 heavy (non-hydrogen) atoms. The summed E-state index contributed by atoms with van der Waals surface area (Å²) in [6.45, 7) is 1.58. The number of halogens is 3. The van der Waals surface area contributed by atoms with E-state index in [-0.39, 0.29) is 11.4 Å². The van der Waals surface area contributed by atoms with Crippen LogP contribution in [0, 0.1) is 6.92 Å². The quantitative estimate of drug-likeness (QED) is 0.643. The van der Waals surface area contributed by atoms with Crippen LogP contribution in [0.4, 0.5) is 13.2 Å². The number of fused-ring (bicyclic) bond motifs is 1. The number of benzene rings is 1. The van der Waals surface area contributed by atoms with E-state index in [9.17, 15) is 18.0 Å². The van der Waals surface area contributed by atoms with Crippen LogP contribution in [0.1, 0.15) is 22.4 Å². The van der Waals surface area contributed by atoms with E-state index in [1.807, 2.05) is 12.1 Å². The van der Waals surface area contributed by atoms with Gasteiger partial charge >= 0.3 is 12.1 Å². The number of rotatable bonds is 4. The second-order valence-corrected chi connectivity index (χ2v) is 6.30. The Bertz CT molecular complexity index is 903. The van der Waals surface area contributed by atoms with Crippen LogP contribution in [-0.2, 0) is 16.0 Å². The molecule has 130 valence electrons. The lowest BCUT2D eigenvalue weighted by atomic mass is 10.1. The molecule has 0 spiro atoms. The van der Waals surface area contributed by atoms with Crippen molar-refractivity contribution in [1.82, 2.24) is 9.97 Å². The van der Waals surface area contributed by atoms with Gasteiger partial charge in [0.25, 0.3) is 0 Å². The largest absolute Gasteiger partial charge is 0.445 e. The van der Waals surface area contributed by atoms with Crippen LogP contribution < -0.4 is 0 Å². The van der Waals surface area contributed by atoms with Gasteiger partial charge in [0.2, 0.25) is 6.10 Å². The summed E-state index contributed by atoms with van der Waals surface area (Å²) in [4.78, 5) is 20.1. The van der Waals surface area contributed by atoms with Crippen molar-refractivity contribution in [1.29, 1.82) is 0 Å². The fourth-order valence-corrected chi connectivity index (χ4v) is 3.23. The Kier molecular flexibility index (Phi) is 4.71. The van der Waals surface area contributed by atoms with Gasteiger partial charge in [-0.25, -0.2) is 4.98 Å². The smallest absolute Gasteiger partial charge is 0.432 e. The zero-order valence-corrected chi connectivity index (χ0v) is 13.9. The summed E-state index contributed by atoms with van der Waals surface area (Å²) in [5.41, 5.74) is 1.53. The first-order valence-electron chi connectivity index (χ1n) is 7.35. The number of alkyl halides is 3. The van der Waals surface area contributed by atoms with Crippen LogP contribution in [0.25, 0.3) is 10.9 Å². The van der Waals surface area contributed by atoms with Gasteiger partial charge in [0.1, 0.15) is 5.01 Å². The number of esters is 1. The van der Waals surface area contributed by atoms with E-state index in [1.165, 1.54) is 5.38 Å². The highest BCUT2D eigenvalue weighted by Crippen LogP contribution is 2.37. The first kappa shape index (κ1) is 17.3. The maximum absolute atomic E-state index is 13.2. The molecule has 0 fully saturated rings. The van der Waals surface area contributed by atoms with Crippen LogP contribution in [0.3, 0.4) is 0 Å². The van der Waals surface area contributed by atoms with E-state index in [2.05, 4.69) is 9.97 Å². The number of para-hydroxylation sites is 1. The van der Waals surface area contributed by atoms with Gasteiger partial charge < -0.3 is 4.74 Å². The molecule has 0 unspecified atom stereocenters. The van der Waals surface area contributed by atoms with Gasteiger partial charge in [0.05, 0.1) is 11.9 Å². The summed E-state index contributed by atoms with van der Waals surface area (Å²) in [7, 11) is 0. The number of nitrogens with zero attached hydrogens (tertiary/aromatic N) is 2. The molecule has 0 saturated carbocycles. The average Bonchev–Trinajstić information content (AvgIpc) is 2.98. The monoisotopic (exact) mass is 366 g/mol. The normalized spacial score (nSPS) is 13.0. The van der Waals surface area contributed by atoms with Crippen molar-refractivity contribution in [3.8, 4) is 0 Å². The Morgan fingerprint density at radius 2 is 2.04 bits per heavy atom. The number of hydrogen-bond acceptors (Lipinski definition) is 5. The standard InChI is InChI=1S/C17H13F3N2O2S/c1-10-9-25-16(22-10)15(17(18,19)20)24-13(23)8-12-5-2-4-11-6-3-7-21-14(11)12/h2-7,9,15H,8H2,1H3/t15-/m1/s1. The van der Waals surface area contributed by atoms with Crippen LogP contribution >= 0.6 is 11.3 Å². The molecule has 1 atom stereocenters. The first-order chi connectivity index (χ1) is 11.8. The molecular formula is C17H13F3N2O2S. The topological polar surface area (TPSA) is 52.1 Å². The molecule has 0 bridgehead atoms. The molecule has 0 amide bonds. The van der Waals surface area contributed by atoms with Crippen LogP contribution in [0.2, 0.25) is 0 Å². The van der Waals surface area contributed by atoms with E-state index in [4.69, 9.17) is 4.74 Å². The number of ether oxygens (including phenoxy) is 1. The van der Waals surface area contributed by atoms with Crippen LogP contribution in [0.5, 0.6) is 0 Å². The molecule has 0 aliphatic carbocycles. The zero-order chi connectivity index (χ0) is 18.0. The average molecular weight is 366 g/mol. The number of thiazole rings is 1. The van der Waals surface area contributed by atoms with Gasteiger partial charge in [-0.15, -0.1) is 11.3 Å². The molecule has 0 aliphatic rings. The van der Waals surface area contributed by atoms with Gasteiger partial charge in [0.15, 0.2) is 0 Å². The van der Waals surface area contributed by atoms with Gasteiger partial charge in [-0.1, -0.05) is 24.3 Å². The number of aryl methyl sites for hydroxylation is 1. The van der Waals surface area contributed by atoms with Crippen molar-refractivity contribution in [3.05, 3.63) is 58.2 Å². The van der Waals surface area contributed by atoms with Gasteiger partial charge in [-0.05, 0) is 18.6 Å². The molecule has 2 heterocycles. The predicted octanol–water partition coefficient (Wildman–Crippen LogP) is 4.39. The minimum Gasteiger partial charge on any atom is -0.445 e. The van der Waals surface area contributed by atoms with Crippen molar-refractivity contribution < 1.29 is 22.7 Å². The van der Waals surface area contributed by atoms with Crippen molar-refractivity contribution >= 4 is 28.2 Å². The summed E-state index contributed by atoms with van der Waals surface area (Å²) in [6.07, 6.45) is -5.82. The Morgan fingerprint density at radius 3 is 2.72 bits per heavy atom. The summed E-state index contributed by atoms with van der Waals surface area (Å²) < 4.78 is 44.5. The minimum atomic E-state index is -4.73. The van der Waals surface area contributed by atoms with Crippen molar-refractivity contribution in [3.63, 3.8) is 0 Å². The molecule has 0 aliphatic heterocycles. The number of aromatic nitrogens is 2. The lowest BCUT2D eigenvalue weighted by Crippen LogP contribution is -2.27. The lowest BCUT2D eigenvalue weighted by molar-refractivity contribution is -0.223. The van der Waals surface area contributed by atoms with E-state index in [1.54, 1.807) is 31.3 Å². The van der Waals surface area contributed by atoms with E-state index >= 15 is 0 Å². The third-order valence-corrected chi connectivity index (χ3v) is 4.46. The second-order valence-electron chi connectivity index (χ2n) is 5.41. The fraction of sp³-hybridized carbons (Fsp3) is 0.235. The summed E-state index contributed by atoms with van der Waals surface area (Å²) in [6, 6.07) is 8.74. The molecule has 0 saturated heterocycles. The lowest BCUT2D eigenvalue weighted by Gasteiger charge is -2.18. The fourth-order valence-electron chi connectivity index (χ4n) is 2.39. The molecule has 8 heteroatoms. The molecular weight excluding hydrogens is 353 g/mol. The Hall–Kier alpha value is -2.48. The van der Waals surface area contributed by atoms with Gasteiger partial charge in [0, 0.05) is 22.7 Å². The molecule has 2 aromatic heterocycles. The van der Waals surface area contributed by atoms with Crippen molar-refractivity contribution in [2.75, 3.05) is 0 Å². The number of carbonyl (C=O) groups excluding carboxylic acids is 1. The molecule has 0 radical (unpaired) electrons. The van der Waals surface area contributed by atoms with Crippen molar-refractivity contribution in [2.45, 2.75) is 25.6 Å². The minimum absolute atomic E-state index is 0.283. The van der Waals surface area contributed by atoms with E-state index in [0.29, 0.717) is 16.8 Å². The van der Waals surface area contributed by atoms with Crippen LogP contribution in [0.15, 0.2) is 41.9 Å². The highest BCUT2D eigenvalue weighted by atomic mass is 32.1. The molecule has 4 nitrogen and oxygen atoms in total. The summed E-state index contributed by atoms with van der Waals surface area (Å²) in [5, 5.41) is 2.00. The maximum Gasteiger partial charge on any atom is 0.432 e. The third-order valence-electron chi connectivity index (χ3n) is 3.46. The number of hydrogen-bond donors (Lipinski definition) is 0. The first-order valence-corrected chi connectivity index (χ1v) is 8.23. The third kappa shape index (κ3) is 3.96. The highest BCUT2D eigenvalue weighted by Gasteiger charge is 2.46. The van der Waals surface area contributed by atoms with Crippen LogP contribution in [-0.4, -0.2) is 22.1 Å². The second kappa shape index (κ2) is 6.79. The Labute approximate surface area is 145 Å². The Balaban J connectivity index is 1.82.